The fourth-order valence-electron chi connectivity index (χ4n) is 1.51. The molecule has 6 heteroatoms. The summed E-state index contributed by atoms with van der Waals surface area (Å²) in [5.41, 5.74) is 0.744. The first-order chi connectivity index (χ1) is 7.58. The first-order valence-electron chi connectivity index (χ1n) is 4.63. The van der Waals surface area contributed by atoms with Crippen molar-refractivity contribution >= 4 is 33.7 Å². The molecule has 2 N–H and O–H groups in total. The minimum Gasteiger partial charge on any atom is -0.480 e. The Hall–Kier alpha value is -0.590. The normalized spacial score (nSPS) is 24.6. The number of halogens is 2. The summed E-state index contributed by atoms with van der Waals surface area (Å²) in [6.07, 6.45) is 0. The van der Waals surface area contributed by atoms with E-state index in [9.17, 15) is 9.18 Å². The van der Waals surface area contributed by atoms with Crippen LogP contribution in [0.25, 0.3) is 0 Å². The van der Waals surface area contributed by atoms with Crippen LogP contribution in [0, 0.1) is 5.82 Å². The lowest BCUT2D eigenvalue weighted by Gasteiger charge is -2.13. The van der Waals surface area contributed by atoms with Crippen LogP contribution < -0.4 is 5.32 Å². The molecule has 1 heterocycles. The van der Waals surface area contributed by atoms with Gasteiger partial charge in [-0.1, -0.05) is 15.9 Å². The molecule has 0 aromatic heterocycles. The molecule has 0 saturated carbocycles. The second-order valence-electron chi connectivity index (χ2n) is 3.44. The fraction of sp³-hybridized carbons (Fsp3) is 0.300. The zero-order chi connectivity index (χ0) is 11.7. The van der Waals surface area contributed by atoms with Crippen LogP contribution in [0.5, 0.6) is 0 Å². The fourth-order valence-corrected chi connectivity index (χ4v) is 3.39. The average molecular weight is 306 g/mol. The number of aliphatic carboxylic acids is 1. The van der Waals surface area contributed by atoms with Crippen molar-refractivity contribution in [2.45, 2.75) is 11.4 Å². The van der Waals surface area contributed by atoms with Crippen LogP contribution in [0.15, 0.2) is 22.7 Å². The van der Waals surface area contributed by atoms with Gasteiger partial charge in [-0.05, 0) is 23.8 Å². The summed E-state index contributed by atoms with van der Waals surface area (Å²) in [7, 11) is 0. The molecule has 0 bridgehead atoms. The van der Waals surface area contributed by atoms with Crippen LogP contribution in [0.3, 0.4) is 0 Å². The Morgan fingerprint density at radius 1 is 1.62 bits per heavy atom. The van der Waals surface area contributed by atoms with E-state index >= 15 is 0 Å². The molecule has 86 valence electrons. The highest BCUT2D eigenvalue weighted by atomic mass is 79.9. The van der Waals surface area contributed by atoms with Crippen LogP contribution in [-0.4, -0.2) is 22.9 Å². The molecule has 0 radical (unpaired) electrons. The van der Waals surface area contributed by atoms with Gasteiger partial charge in [0.05, 0.1) is 5.37 Å². The zero-order valence-corrected chi connectivity index (χ0v) is 10.5. The third-order valence-corrected chi connectivity index (χ3v) is 4.29. The molecule has 1 unspecified atom stereocenters. The number of carbonyl (C=O) groups is 1. The molecule has 1 aromatic rings. The molecule has 2 atom stereocenters. The Morgan fingerprint density at radius 2 is 2.38 bits per heavy atom. The monoisotopic (exact) mass is 305 g/mol. The molecule has 0 spiro atoms. The van der Waals surface area contributed by atoms with Gasteiger partial charge in [0.1, 0.15) is 11.9 Å². The SMILES string of the molecule is O=C(O)[C@H]1CSC(c2cc(F)ccc2Br)N1. The zero-order valence-electron chi connectivity index (χ0n) is 8.11. The number of carboxylic acid groups (broad SMARTS) is 1. The van der Waals surface area contributed by atoms with Crippen molar-refractivity contribution in [1.29, 1.82) is 0 Å². The van der Waals surface area contributed by atoms with Crippen LogP contribution in [-0.2, 0) is 4.79 Å². The number of rotatable bonds is 2. The summed E-state index contributed by atoms with van der Waals surface area (Å²) in [6, 6.07) is 3.84. The van der Waals surface area contributed by atoms with Gasteiger partial charge < -0.3 is 5.11 Å². The van der Waals surface area contributed by atoms with E-state index < -0.39 is 12.0 Å². The van der Waals surface area contributed by atoms with Crippen molar-refractivity contribution in [1.82, 2.24) is 5.32 Å². The predicted octanol–water partition coefficient (Wildman–Crippen LogP) is 2.38. The third-order valence-electron chi connectivity index (χ3n) is 2.32. The maximum atomic E-state index is 13.1. The van der Waals surface area contributed by atoms with E-state index in [0.717, 1.165) is 10.0 Å². The highest BCUT2D eigenvalue weighted by Crippen LogP contribution is 2.36. The van der Waals surface area contributed by atoms with E-state index in [2.05, 4.69) is 21.2 Å². The van der Waals surface area contributed by atoms with Crippen molar-refractivity contribution in [3.8, 4) is 0 Å². The number of thioether (sulfide) groups is 1. The average Bonchev–Trinajstić information content (AvgIpc) is 2.70. The molecule has 1 aliphatic rings. The van der Waals surface area contributed by atoms with Crippen molar-refractivity contribution in [2.24, 2.45) is 0 Å². The molecule has 0 aliphatic carbocycles. The van der Waals surface area contributed by atoms with E-state index in [1.165, 1.54) is 23.9 Å². The van der Waals surface area contributed by atoms with E-state index in [4.69, 9.17) is 5.11 Å². The first kappa shape index (κ1) is 11.9. The second-order valence-corrected chi connectivity index (χ2v) is 5.43. The highest BCUT2D eigenvalue weighted by Gasteiger charge is 2.31. The molecule has 1 fully saturated rings. The minimum absolute atomic E-state index is 0.175. The molecule has 3 nitrogen and oxygen atoms in total. The van der Waals surface area contributed by atoms with Gasteiger partial charge in [-0.3, -0.25) is 10.1 Å². The maximum Gasteiger partial charge on any atom is 0.321 e. The lowest BCUT2D eigenvalue weighted by molar-refractivity contribution is -0.138. The lowest BCUT2D eigenvalue weighted by Crippen LogP contribution is -2.33. The largest absolute Gasteiger partial charge is 0.480 e. The number of benzene rings is 1. The molecule has 1 aromatic carbocycles. The summed E-state index contributed by atoms with van der Waals surface area (Å²) >= 11 is 4.80. The summed E-state index contributed by atoms with van der Waals surface area (Å²) in [5.74, 6) is -0.704. The van der Waals surface area contributed by atoms with Gasteiger partial charge in [0.15, 0.2) is 0 Å². The van der Waals surface area contributed by atoms with Gasteiger partial charge in [0, 0.05) is 10.2 Å². The van der Waals surface area contributed by atoms with Gasteiger partial charge in [-0.15, -0.1) is 11.8 Å². The van der Waals surface area contributed by atoms with E-state index in [0.29, 0.717) is 5.75 Å². The molecular weight excluding hydrogens is 297 g/mol. The van der Waals surface area contributed by atoms with Gasteiger partial charge in [-0.25, -0.2) is 4.39 Å². The summed E-state index contributed by atoms with van der Waals surface area (Å²) < 4.78 is 13.9. The van der Waals surface area contributed by atoms with Gasteiger partial charge in [0.25, 0.3) is 0 Å². The molecular formula is C10H9BrFNO2S. The van der Waals surface area contributed by atoms with Gasteiger partial charge in [0.2, 0.25) is 0 Å². The lowest BCUT2D eigenvalue weighted by atomic mass is 10.2. The highest BCUT2D eigenvalue weighted by molar-refractivity contribution is 9.10. The molecule has 16 heavy (non-hydrogen) atoms. The Morgan fingerprint density at radius 3 is 3.00 bits per heavy atom. The Labute approximate surface area is 105 Å². The van der Waals surface area contributed by atoms with E-state index in [-0.39, 0.29) is 11.2 Å². The van der Waals surface area contributed by atoms with Crippen molar-refractivity contribution in [3.63, 3.8) is 0 Å². The van der Waals surface area contributed by atoms with Crippen molar-refractivity contribution in [3.05, 3.63) is 34.1 Å². The van der Waals surface area contributed by atoms with Gasteiger partial charge in [-0.2, -0.15) is 0 Å². The number of hydrogen-bond donors (Lipinski definition) is 2. The Kier molecular flexibility index (Phi) is 3.51. The van der Waals surface area contributed by atoms with Crippen molar-refractivity contribution < 1.29 is 14.3 Å². The summed E-state index contributed by atoms with van der Waals surface area (Å²) in [6.45, 7) is 0. The van der Waals surface area contributed by atoms with Gasteiger partial charge >= 0.3 is 5.97 Å². The van der Waals surface area contributed by atoms with Crippen LogP contribution in [0.2, 0.25) is 0 Å². The second kappa shape index (κ2) is 4.73. The van der Waals surface area contributed by atoms with Crippen molar-refractivity contribution in [2.75, 3.05) is 5.75 Å². The number of carboxylic acids is 1. The Balaban J connectivity index is 2.20. The summed E-state index contributed by atoms with van der Waals surface area (Å²) in [4.78, 5) is 10.8. The Bertz CT molecular complexity index is 429. The maximum absolute atomic E-state index is 13.1. The first-order valence-corrected chi connectivity index (χ1v) is 6.47. The molecule has 1 saturated heterocycles. The summed E-state index contributed by atoms with van der Waals surface area (Å²) in [5, 5.41) is 11.6. The molecule has 2 rings (SSSR count). The molecule has 1 aliphatic heterocycles. The van der Waals surface area contributed by atoms with E-state index in [1.54, 1.807) is 6.07 Å². The number of hydrogen-bond acceptors (Lipinski definition) is 3. The smallest absolute Gasteiger partial charge is 0.321 e. The number of nitrogens with one attached hydrogen (secondary N) is 1. The van der Waals surface area contributed by atoms with E-state index in [1.807, 2.05) is 0 Å². The van der Waals surface area contributed by atoms with Crippen LogP contribution in [0.4, 0.5) is 4.39 Å². The predicted molar refractivity (Wildman–Crippen MR) is 63.9 cm³/mol. The quantitative estimate of drug-likeness (QED) is 0.881. The third kappa shape index (κ3) is 2.39. The minimum atomic E-state index is -0.873. The van der Waals surface area contributed by atoms with Crippen LogP contribution >= 0.6 is 27.7 Å². The molecule has 0 amide bonds. The topological polar surface area (TPSA) is 49.3 Å². The van der Waals surface area contributed by atoms with Crippen LogP contribution in [0.1, 0.15) is 10.9 Å². The standard InChI is InChI=1S/C10H9BrFNO2S/c11-7-2-1-5(12)3-6(7)9-13-8(4-16-9)10(14)15/h1-3,8-9,13H,4H2,(H,14,15)/t8-,9?/m1/s1.